The Hall–Kier alpha value is -0.160. The predicted molar refractivity (Wildman–Crippen MR) is 53.8 cm³/mol. The Balaban J connectivity index is 3.88. The second-order valence-electron chi connectivity index (χ2n) is 4.97. The van der Waals surface area contributed by atoms with Crippen molar-refractivity contribution in [2.75, 3.05) is 6.61 Å². The van der Waals surface area contributed by atoms with Gasteiger partial charge in [-0.15, -0.1) is 0 Å². The summed E-state index contributed by atoms with van der Waals surface area (Å²) in [5.74, 6) is 0. The third-order valence-electron chi connectivity index (χ3n) is 1.99. The first-order valence-electron chi connectivity index (χ1n) is 4.91. The number of rotatable bonds is 5. The first-order chi connectivity index (χ1) is 6.26. The zero-order chi connectivity index (χ0) is 11.4. The molecule has 0 aliphatic rings. The largest absolute Gasteiger partial charge is 0.394 e. The molecule has 0 aromatic rings. The molecule has 0 aliphatic carbocycles. The standard InChI is InChI=1S/C10H22O4/c1-10(2,3)5-7(12)4-8(13)9(14)6-11/h7-9,11-14H,4-6H2,1-3H3/t7-,8+,9-/m1/s1. The lowest BCUT2D eigenvalue weighted by Gasteiger charge is -2.25. The fourth-order valence-corrected chi connectivity index (χ4v) is 1.35. The molecule has 0 aliphatic heterocycles. The molecule has 0 unspecified atom stereocenters. The van der Waals surface area contributed by atoms with Crippen LogP contribution in [-0.2, 0) is 0 Å². The lowest BCUT2D eigenvalue weighted by atomic mass is 9.87. The summed E-state index contributed by atoms with van der Waals surface area (Å²) >= 11 is 0. The van der Waals surface area contributed by atoms with Crippen molar-refractivity contribution in [1.29, 1.82) is 0 Å². The van der Waals surface area contributed by atoms with Crippen molar-refractivity contribution in [3.8, 4) is 0 Å². The first-order valence-corrected chi connectivity index (χ1v) is 4.91. The monoisotopic (exact) mass is 206 g/mol. The Kier molecular flexibility index (Phi) is 5.59. The van der Waals surface area contributed by atoms with Gasteiger partial charge >= 0.3 is 0 Å². The van der Waals surface area contributed by atoms with Gasteiger partial charge in [-0.1, -0.05) is 20.8 Å². The third-order valence-corrected chi connectivity index (χ3v) is 1.99. The molecule has 0 aromatic heterocycles. The second-order valence-corrected chi connectivity index (χ2v) is 4.97. The third kappa shape index (κ3) is 6.32. The van der Waals surface area contributed by atoms with E-state index in [4.69, 9.17) is 10.2 Å². The summed E-state index contributed by atoms with van der Waals surface area (Å²) < 4.78 is 0. The van der Waals surface area contributed by atoms with Crippen LogP contribution in [0, 0.1) is 5.41 Å². The van der Waals surface area contributed by atoms with Gasteiger partial charge in [-0.25, -0.2) is 0 Å². The summed E-state index contributed by atoms with van der Waals surface area (Å²) in [6, 6.07) is 0. The molecular formula is C10H22O4. The Labute approximate surface area is 85.2 Å². The van der Waals surface area contributed by atoms with E-state index in [1.165, 1.54) is 0 Å². The van der Waals surface area contributed by atoms with E-state index >= 15 is 0 Å². The highest BCUT2D eigenvalue weighted by Crippen LogP contribution is 2.22. The summed E-state index contributed by atoms with van der Waals surface area (Å²) in [4.78, 5) is 0. The maximum absolute atomic E-state index is 9.55. The fourth-order valence-electron chi connectivity index (χ4n) is 1.35. The molecule has 4 nitrogen and oxygen atoms in total. The van der Waals surface area contributed by atoms with E-state index in [0.717, 1.165) is 0 Å². The highest BCUT2D eigenvalue weighted by atomic mass is 16.4. The quantitative estimate of drug-likeness (QED) is 0.506. The van der Waals surface area contributed by atoms with Gasteiger partial charge in [-0.2, -0.15) is 0 Å². The van der Waals surface area contributed by atoms with Crippen LogP contribution in [-0.4, -0.2) is 45.3 Å². The van der Waals surface area contributed by atoms with E-state index in [9.17, 15) is 10.2 Å². The number of aliphatic hydroxyl groups excluding tert-OH is 4. The highest BCUT2D eigenvalue weighted by molar-refractivity contribution is 4.74. The van der Waals surface area contributed by atoms with Crippen molar-refractivity contribution < 1.29 is 20.4 Å². The van der Waals surface area contributed by atoms with Crippen molar-refractivity contribution in [1.82, 2.24) is 0 Å². The average molecular weight is 206 g/mol. The summed E-state index contributed by atoms with van der Waals surface area (Å²) in [5.41, 5.74) is -0.0106. The van der Waals surface area contributed by atoms with Gasteiger partial charge in [0.2, 0.25) is 0 Å². The molecule has 86 valence electrons. The summed E-state index contributed by atoms with van der Waals surface area (Å²) in [6.07, 6.45) is -2.21. The molecule has 0 fully saturated rings. The molecule has 0 radical (unpaired) electrons. The van der Waals surface area contributed by atoms with Crippen molar-refractivity contribution in [2.45, 2.75) is 51.9 Å². The smallest absolute Gasteiger partial charge is 0.103 e. The highest BCUT2D eigenvalue weighted by Gasteiger charge is 2.22. The minimum atomic E-state index is -1.16. The van der Waals surface area contributed by atoms with Crippen LogP contribution in [0.4, 0.5) is 0 Å². The minimum Gasteiger partial charge on any atom is -0.394 e. The van der Waals surface area contributed by atoms with Gasteiger partial charge < -0.3 is 20.4 Å². The minimum absolute atomic E-state index is 0.0106. The molecule has 3 atom stereocenters. The van der Waals surface area contributed by atoms with Crippen molar-refractivity contribution in [3.05, 3.63) is 0 Å². The van der Waals surface area contributed by atoms with Crippen LogP contribution < -0.4 is 0 Å². The van der Waals surface area contributed by atoms with Gasteiger partial charge in [-0.05, 0) is 11.8 Å². The van der Waals surface area contributed by atoms with Crippen LogP contribution in [0.15, 0.2) is 0 Å². The normalized spacial score (nSPS) is 19.1. The van der Waals surface area contributed by atoms with E-state index < -0.39 is 24.9 Å². The Bertz CT molecular complexity index is 153. The van der Waals surface area contributed by atoms with Gasteiger partial charge in [0.05, 0.1) is 18.8 Å². The maximum atomic E-state index is 9.55. The molecule has 0 saturated heterocycles. The zero-order valence-corrected chi connectivity index (χ0v) is 9.14. The van der Waals surface area contributed by atoms with Gasteiger partial charge in [0.25, 0.3) is 0 Å². The Morgan fingerprint density at radius 2 is 1.50 bits per heavy atom. The van der Waals surface area contributed by atoms with Crippen LogP contribution in [0.3, 0.4) is 0 Å². The topological polar surface area (TPSA) is 80.9 Å². The van der Waals surface area contributed by atoms with Crippen LogP contribution >= 0.6 is 0 Å². The molecule has 0 amide bonds. The predicted octanol–water partition coefficient (Wildman–Crippen LogP) is -0.112. The zero-order valence-electron chi connectivity index (χ0n) is 9.14. The molecule has 0 spiro atoms. The summed E-state index contributed by atoms with van der Waals surface area (Å²) in [5, 5.41) is 36.5. The van der Waals surface area contributed by atoms with Crippen molar-refractivity contribution in [2.24, 2.45) is 5.41 Å². The molecule has 0 aromatic carbocycles. The molecular weight excluding hydrogens is 184 g/mol. The van der Waals surface area contributed by atoms with Crippen LogP contribution in [0.1, 0.15) is 33.6 Å². The first kappa shape index (κ1) is 13.8. The fraction of sp³-hybridized carbons (Fsp3) is 1.00. The van der Waals surface area contributed by atoms with E-state index in [2.05, 4.69) is 0 Å². The SMILES string of the molecule is CC(C)(C)C[C@H](O)C[C@H](O)[C@H](O)CO. The maximum Gasteiger partial charge on any atom is 0.103 e. The van der Waals surface area contributed by atoms with Gasteiger partial charge in [0.15, 0.2) is 0 Å². The summed E-state index contributed by atoms with van der Waals surface area (Å²) in [6.45, 7) is 5.49. The molecule has 0 bridgehead atoms. The summed E-state index contributed by atoms with van der Waals surface area (Å²) in [7, 11) is 0. The number of hydrogen-bond acceptors (Lipinski definition) is 4. The van der Waals surface area contributed by atoms with E-state index in [0.29, 0.717) is 6.42 Å². The van der Waals surface area contributed by atoms with Gasteiger partial charge in [0, 0.05) is 6.42 Å². The van der Waals surface area contributed by atoms with Crippen LogP contribution in [0.5, 0.6) is 0 Å². The lowest BCUT2D eigenvalue weighted by Crippen LogP contribution is -2.33. The number of aliphatic hydroxyl groups is 4. The van der Waals surface area contributed by atoms with Gasteiger partial charge in [0.1, 0.15) is 6.10 Å². The van der Waals surface area contributed by atoms with Crippen molar-refractivity contribution >= 4 is 0 Å². The molecule has 0 heterocycles. The molecule has 4 heteroatoms. The van der Waals surface area contributed by atoms with Gasteiger partial charge in [-0.3, -0.25) is 0 Å². The second kappa shape index (κ2) is 5.66. The Morgan fingerprint density at radius 3 is 1.86 bits per heavy atom. The molecule has 14 heavy (non-hydrogen) atoms. The van der Waals surface area contributed by atoms with E-state index in [-0.39, 0.29) is 11.8 Å². The van der Waals surface area contributed by atoms with E-state index in [1.807, 2.05) is 20.8 Å². The average Bonchev–Trinajstić information content (AvgIpc) is 1.99. The lowest BCUT2D eigenvalue weighted by molar-refractivity contribution is -0.0411. The molecule has 0 rings (SSSR count). The molecule has 0 saturated carbocycles. The van der Waals surface area contributed by atoms with Crippen LogP contribution in [0.25, 0.3) is 0 Å². The number of hydrogen-bond donors (Lipinski definition) is 4. The van der Waals surface area contributed by atoms with Crippen LogP contribution in [0.2, 0.25) is 0 Å². The van der Waals surface area contributed by atoms with E-state index in [1.54, 1.807) is 0 Å². The van der Waals surface area contributed by atoms with Crippen molar-refractivity contribution in [3.63, 3.8) is 0 Å². The Morgan fingerprint density at radius 1 is 1.00 bits per heavy atom. The molecule has 4 N–H and O–H groups in total.